The van der Waals surface area contributed by atoms with Crippen LogP contribution < -0.4 is 0 Å². The van der Waals surface area contributed by atoms with Crippen molar-refractivity contribution in [3.8, 4) is 0 Å². The minimum absolute atomic E-state index is 0.223. The van der Waals surface area contributed by atoms with Crippen LogP contribution in [0.2, 0.25) is 0 Å². The summed E-state index contributed by atoms with van der Waals surface area (Å²) in [5.41, 5.74) is 0. The maximum atomic E-state index is 12.8. The summed E-state index contributed by atoms with van der Waals surface area (Å²) >= 11 is 0. The molecule has 0 aliphatic carbocycles. The average Bonchev–Trinajstić information content (AvgIpc) is 3.22. The molecular weight excluding hydrogens is 737 g/mol. The molecule has 4 N–H and O–H groups in total. The van der Waals surface area contributed by atoms with Crippen molar-refractivity contribution >= 4 is 11.9 Å². The van der Waals surface area contributed by atoms with Crippen LogP contribution in [0.3, 0.4) is 0 Å². The summed E-state index contributed by atoms with van der Waals surface area (Å²) < 4.78 is 22.2. The Labute approximate surface area is 353 Å². The van der Waals surface area contributed by atoms with E-state index < -0.39 is 49.4 Å². The Morgan fingerprint density at radius 2 is 0.966 bits per heavy atom. The molecule has 0 bridgehead atoms. The lowest BCUT2D eigenvalue weighted by Gasteiger charge is -2.39. The van der Waals surface area contributed by atoms with Crippen molar-refractivity contribution in [3.63, 3.8) is 0 Å². The molecule has 1 saturated heterocycles. The fourth-order valence-electron chi connectivity index (χ4n) is 6.98. The molecule has 0 amide bonds. The van der Waals surface area contributed by atoms with Gasteiger partial charge in [-0.3, -0.25) is 9.59 Å². The van der Waals surface area contributed by atoms with Gasteiger partial charge in [0.1, 0.15) is 31.0 Å². The normalized spacial score (nSPS) is 20.4. The standard InChI is InChI=1S/C48H86O10/c1-3-5-7-9-11-13-15-17-18-19-20-21-22-23-24-25-27-29-31-33-35-37-44(51)57-41(40-56-48-47(54)46(53)45(52)42(38-49)58-48)39-55-43(50)36-34-32-30-28-26-16-14-12-10-8-6-4-2/h12,14-15,17,19-20,41-42,45-49,52-54H,3-11,13,16,18,21-40H2,1-2H3/b14-12-,17-15-,20-19-. The van der Waals surface area contributed by atoms with Crippen LogP contribution >= 0.6 is 0 Å². The number of ether oxygens (including phenoxy) is 4. The lowest BCUT2D eigenvalue weighted by atomic mass is 9.99. The average molecular weight is 823 g/mol. The smallest absolute Gasteiger partial charge is 0.306 e. The molecule has 10 nitrogen and oxygen atoms in total. The lowest BCUT2D eigenvalue weighted by Crippen LogP contribution is -2.59. The van der Waals surface area contributed by atoms with Gasteiger partial charge in [0.2, 0.25) is 0 Å². The Hall–Kier alpha value is -2.08. The molecule has 338 valence electrons. The van der Waals surface area contributed by atoms with Crippen LogP contribution in [0.4, 0.5) is 0 Å². The second-order valence-corrected chi connectivity index (χ2v) is 16.2. The summed E-state index contributed by atoms with van der Waals surface area (Å²) in [6, 6.07) is 0. The van der Waals surface area contributed by atoms with E-state index in [1.165, 1.54) is 89.9 Å². The minimum atomic E-state index is -1.60. The quantitative estimate of drug-likeness (QED) is 0.0268. The van der Waals surface area contributed by atoms with Gasteiger partial charge in [-0.05, 0) is 70.6 Å². The van der Waals surface area contributed by atoms with Gasteiger partial charge in [0.15, 0.2) is 12.4 Å². The van der Waals surface area contributed by atoms with Gasteiger partial charge in [-0.1, -0.05) is 153 Å². The van der Waals surface area contributed by atoms with Crippen LogP contribution in [0, 0.1) is 0 Å². The predicted molar refractivity (Wildman–Crippen MR) is 233 cm³/mol. The first-order chi connectivity index (χ1) is 28.3. The van der Waals surface area contributed by atoms with Crippen molar-refractivity contribution in [2.24, 2.45) is 0 Å². The summed E-state index contributed by atoms with van der Waals surface area (Å²) in [5, 5.41) is 40.1. The Morgan fingerprint density at radius 1 is 0.534 bits per heavy atom. The van der Waals surface area contributed by atoms with E-state index in [0.29, 0.717) is 12.8 Å². The molecule has 0 spiro atoms. The van der Waals surface area contributed by atoms with Crippen molar-refractivity contribution in [3.05, 3.63) is 36.5 Å². The van der Waals surface area contributed by atoms with Gasteiger partial charge >= 0.3 is 11.9 Å². The monoisotopic (exact) mass is 823 g/mol. The first kappa shape index (κ1) is 53.9. The zero-order valence-corrected chi connectivity index (χ0v) is 36.8. The van der Waals surface area contributed by atoms with Crippen molar-refractivity contribution in [1.82, 2.24) is 0 Å². The largest absolute Gasteiger partial charge is 0.462 e. The number of hydrogen-bond donors (Lipinski definition) is 4. The summed E-state index contributed by atoms with van der Waals surface area (Å²) in [6.07, 6.45) is 37.2. The number of aliphatic hydroxyl groups is 4. The third-order valence-electron chi connectivity index (χ3n) is 10.7. The molecule has 0 aromatic heterocycles. The highest BCUT2D eigenvalue weighted by Gasteiger charge is 2.44. The highest BCUT2D eigenvalue weighted by molar-refractivity contribution is 5.70. The second kappa shape index (κ2) is 39.1. The maximum Gasteiger partial charge on any atom is 0.306 e. The number of unbranched alkanes of at least 4 members (excludes halogenated alkanes) is 22. The van der Waals surface area contributed by atoms with Gasteiger partial charge in [-0.25, -0.2) is 0 Å². The number of carbonyl (C=O) groups excluding carboxylic acids is 2. The van der Waals surface area contributed by atoms with E-state index in [-0.39, 0.29) is 32.0 Å². The third-order valence-corrected chi connectivity index (χ3v) is 10.7. The number of rotatable bonds is 39. The molecule has 0 aromatic carbocycles. The zero-order chi connectivity index (χ0) is 42.3. The van der Waals surface area contributed by atoms with Crippen LogP contribution in [0.15, 0.2) is 36.5 Å². The van der Waals surface area contributed by atoms with Gasteiger partial charge in [0.05, 0.1) is 13.2 Å². The Balaban J connectivity index is 2.29. The molecular formula is C48H86O10. The van der Waals surface area contributed by atoms with Crippen LogP contribution in [-0.4, -0.2) is 89.0 Å². The Kier molecular flexibility index (Phi) is 36.3. The maximum absolute atomic E-state index is 12.8. The molecule has 6 unspecified atom stereocenters. The Bertz CT molecular complexity index is 1040. The SMILES string of the molecule is CCCCC/C=C\CCCCCCCC(=O)OCC(COC1OC(CO)C(O)C(O)C1O)OC(=O)CCCCCCCCCCC/C=C\C/C=C\CCCCCCC. The molecule has 0 saturated carbocycles. The summed E-state index contributed by atoms with van der Waals surface area (Å²) in [4.78, 5) is 25.3. The molecule has 0 radical (unpaired) electrons. The van der Waals surface area contributed by atoms with Gasteiger partial charge in [-0.15, -0.1) is 0 Å². The fourth-order valence-corrected chi connectivity index (χ4v) is 6.98. The van der Waals surface area contributed by atoms with E-state index in [0.717, 1.165) is 70.6 Å². The summed E-state index contributed by atoms with van der Waals surface area (Å²) in [6.45, 7) is 3.38. The zero-order valence-electron chi connectivity index (χ0n) is 36.8. The van der Waals surface area contributed by atoms with Crippen LogP contribution in [-0.2, 0) is 28.5 Å². The number of carbonyl (C=O) groups is 2. The van der Waals surface area contributed by atoms with Crippen molar-refractivity contribution in [2.75, 3.05) is 19.8 Å². The molecule has 1 aliphatic rings. The lowest BCUT2D eigenvalue weighted by molar-refractivity contribution is -0.305. The Morgan fingerprint density at radius 3 is 1.48 bits per heavy atom. The first-order valence-corrected chi connectivity index (χ1v) is 23.6. The molecule has 58 heavy (non-hydrogen) atoms. The molecule has 1 rings (SSSR count). The van der Waals surface area contributed by atoms with E-state index >= 15 is 0 Å². The summed E-state index contributed by atoms with van der Waals surface area (Å²) in [5.74, 6) is -0.820. The number of aliphatic hydroxyl groups excluding tert-OH is 4. The van der Waals surface area contributed by atoms with E-state index in [1.807, 2.05) is 0 Å². The molecule has 0 aromatic rings. The highest BCUT2D eigenvalue weighted by atomic mass is 16.7. The summed E-state index contributed by atoms with van der Waals surface area (Å²) in [7, 11) is 0. The number of hydrogen-bond acceptors (Lipinski definition) is 10. The minimum Gasteiger partial charge on any atom is -0.462 e. The van der Waals surface area contributed by atoms with Crippen LogP contribution in [0.1, 0.15) is 200 Å². The van der Waals surface area contributed by atoms with Gasteiger partial charge in [0.25, 0.3) is 0 Å². The molecule has 1 heterocycles. The third kappa shape index (κ3) is 30.0. The molecule has 10 heteroatoms. The number of allylic oxidation sites excluding steroid dienone is 6. The molecule has 1 fully saturated rings. The fraction of sp³-hybridized carbons (Fsp3) is 0.833. The van der Waals surface area contributed by atoms with E-state index in [4.69, 9.17) is 18.9 Å². The first-order valence-electron chi connectivity index (χ1n) is 23.6. The van der Waals surface area contributed by atoms with Gasteiger partial charge in [-0.2, -0.15) is 0 Å². The molecule has 1 aliphatic heterocycles. The number of esters is 2. The highest BCUT2D eigenvalue weighted by Crippen LogP contribution is 2.23. The van der Waals surface area contributed by atoms with E-state index in [9.17, 15) is 30.0 Å². The van der Waals surface area contributed by atoms with Crippen molar-refractivity contribution in [1.29, 1.82) is 0 Å². The van der Waals surface area contributed by atoms with Gasteiger partial charge < -0.3 is 39.4 Å². The topological polar surface area (TPSA) is 152 Å². The van der Waals surface area contributed by atoms with E-state index in [2.05, 4.69) is 50.3 Å². The molecule has 6 atom stereocenters. The van der Waals surface area contributed by atoms with E-state index in [1.54, 1.807) is 0 Å². The van der Waals surface area contributed by atoms with Crippen molar-refractivity contribution in [2.45, 2.75) is 237 Å². The predicted octanol–water partition coefficient (Wildman–Crippen LogP) is 10.3. The van der Waals surface area contributed by atoms with Crippen molar-refractivity contribution < 1.29 is 49.0 Å². The van der Waals surface area contributed by atoms with Gasteiger partial charge in [0, 0.05) is 12.8 Å². The second-order valence-electron chi connectivity index (χ2n) is 16.2. The van der Waals surface area contributed by atoms with Crippen LogP contribution in [0.5, 0.6) is 0 Å². The van der Waals surface area contributed by atoms with Crippen LogP contribution in [0.25, 0.3) is 0 Å².